The van der Waals surface area contributed by atoms with Crippen LogP contribution in [-0.4, -0.2) is 17.0 Å². The fraction of sp³-hybridized carbons (Fsp3) is 0.556. The van der Waals surface area contributed by atoms with Crippen molar-refractivity contribution in [2.45, 2.75) is 25.3 Å². The predicted molar refractivity (Wildman–Crippen MR) is 49.6 cm³/mol. The Bertz CT molecular complexity index is 354. The molecule has 1 saturated carbocycles. The molecule has 0 saturated heterocycles. The average molecular weight is 179 g/mol. The van der Waals surface area contributed by atoms with Crippen LogP contribution in [0, 0.1) is 0 Å². The van der Waals surface area contributed by atoms with Crippen LogP contribution in [0.5, 0.6) is 0 Å². The Balaban J connectivity index is 2.30. The van der Waals surface area contributed by atoms with Gasteiger partial charge in [0, 0.05) is 12.0 Å². The number of nitrogens with one attached hydrogen (secondary N) is 2. The van der Waals surface area contributed by atoms with Gasteiger partial charge in [0.05, 0.1) is 12.2 Å². The molecule has 13 heavy (non-hydrogen) atoms. The Hall–Kier alpha value is -1.16. The van der Waals surface area contributed by atoms with Gasteiger partial charge in [0.1, 0.15) is 5.82 Å². The SMILES string of the molecule is CNCc1nc(C2CC2)cc(=O)[nH]1. The summed E-state index contributed by atoms with van der Waals surface area (Å²) in [7, 11) is 1.84. The molecule has 0 amide bonds. The van der Waals surface area contributed by atoms with Crippen LogP contribution in [0.15, 0.2) is 10.9 Å². The topological polar surface area (TPSA) is 57.8 Å². The normalized spacial score (nSPS) is 16.1. The molecule has 1 heterocycles. The second-order valence-corrected chi connectivity index (χ2v) is 3.42. The first-order valence-electron chi connectivity index (χ1n) is 4.54. The summed E-state index contributed by atoms with van der Waals surface area (Å²) in [5.41, 5.74) is 0.913. The van der Waals surface area contributed by atoms with Gasteiger partial charge < -0.3 is 10.3 Å². The minimum atomic E-state index is -0.0397. The summed E-state index contributed by atoms with van der Waals surface area (Å²) >= 11 is 0. The average Bonchev–Trinajstić information content (AvgIpc) is 2.85. The molecule has 2 rings (SSSR count). The Labute approximate surface area is 76.4 Å². The zero-order valence-electron chi connectivity index (χ0n) is 7.63. The highest BCUT2D eigenvalue weighted by Gasteiger charge is 2.25. The van der Waals surface area contributed by atoms with E-state index < -0.39 is 0 Å². The number of aromatic nitrogens is 2. The Kier molecular flexibility index (Phi) is 2.14. The monoisotopic (exact) mass is 179 g/mol. The molecule has 0 atom stereocenters. The lowest BCUT2D eigenvalue weighted by molar-refractivity contribution is 0.740. The van der Waals surface area contributed by atoms with Crippen molar-refractivity contribution in [3.8, 4) is 0 Å². The number of rotatable bonds is 3. The van der Waals surface area contributed by atoms with E-state index in [1.807, 2.05) is 7.05 Å². The van der Waals surface area contributed by atoms with E-state index in [-0.39, 0.29) is 5.56 Å². The van der Waals surface area contributed by atoms with Crippen molar-refractivity contribution in [1.29, 1.82) is 0 Å². The van der Waals surface area contributed by atoms with Crippen molar-refractivity contribution in [3.05, 3.63) is 27.9 Å². The number of aromatic amines is 1. The highest BCUT2D eigenvalue weighted by molar-refractivity contribution is 5.14. The highest BCUT2D eigenvalue weighted by atomic mass is 16.1. The van der Waals surface area contributed by atoms with Crippen LogP contribution < -0.4 is 10.9 Å². The van der Waals surface area contributed by atoms with E-state index in [0.717, 1.165) is 11.5 Å². The number of nitrogens with zero attached hydrogens (tertiary/aromatic N) is 1. The summed E-state index contributed by atoms with van der Waals surface area (Å²) in [6.07, 6.45) is 2.35. The zero-order valence-corrected chi connectivity index (χ0v) is 7.63. The lowest BCUT2D eigenvalue weighted by atomic mass is 10.3. The van der Waals surface area contributed by atoms with Crippen LogP contribution in [0.25, 0.3) is 0 Å². The van der Waals surface area contributed by atoms with E-state index in [1.165, 1.54) is 12.8 Å². The van der Waals surface area contributed by atoms with Crippen molar-refractivity contribution in [2.24, 2.45) is 0 Å². The van der Waals surface area contributed by atoms with Crippen molar-refractivity contribution in [2.75, 3.05) is 7.05 Å². The van der Waals surface area contributed by atoms with E-state index in [1.54, 1.807) is 6.07 Å². The van der Waals surface area contributed by atoms with Crippen molar-refractivity contribution in [3.63, 3.8) is 0 Å². The molecule has 1 aromatic rings. The first kappa shape index (κ1) is 8.44. The summed E-state index contributed by atoms with van der Waals surface area (Å²) in [5.74, 6) is 1.27. The second kappa shape index (κ2) is 3.30. The minimum absolute atomic E-state index is 0.0397. The summed E-state index contributed by atoms with van der Waals surface area (Å²) in [6.45, 7) is 0.621. The van der Waals surface area contributed by atoms with Crippen molar-refractivity contribution >= 4 is 0 Å². The van der Waals surface area contributed by atoms with Crippen molar-refractivity contribution in [1.82, 2.24) is 15.3 Å². The molecule has 1 aliphatic carbocycles. The van der Waals surface area contributed by atoms with Crippen LogP contribution >= 0.6 is 0 Å². The third-order valence-electron chi connectivity index (χ3n) is 2.15. The van der Waals surface area contributed by atoms with E-state index in [0.29, 0.717) is 12.5 Å². The molecular formula is C9H13N3O. The first-order valence-corrected chi connectivity index (χ1v) is 4.54. The van der Waals surface area contributed by atoms with Gasteiger partial charge in [0.15, 0.2) is 0 Å². The molecule has 2 N–H and O–H groups in total. The third-order valence-corrected chi connectivity index (χ3v) is 2.15. The van der Waals surface area contributed by atoms with Gasteiger partial charge in [0.2, 0.25) is 0 Å². The summed E-state index contributed by atoms with van der Waals surface area (Å²) in [5, 5.41) is 2.97. The van der Waals surface area contributed by atoms with Crippen LogP contribution in [0.4, 0.5) is 0 Å². The van der Waals surface area contributed by atoms with Gasteiger partial charge in [-0.2, -0.15) is 0 Å². The highest BCUT2D eigenvalue weighted by Crippen LogP contribution is 2.38. The molecule has 0 aromatic carbocycles. The van der Waals surface area contributed by atoms with Crippen molar-refractivity contribution < 1.29 is 0 Å². The molecular weight excluding hydrogens is 166 g/mol. The standard InChI is InChI=1S/C9H13N3O/c1-10-5-8-11-7(6-2-3-6)4-9(13)12-8/h4,6,10H,2-3,5H2,1H3,(H,11,12,13). The molecule has 0 aliphatic heterocycles. The van der Waals surface area contributed by atoms with Gasteiger partial charge in [-0.15, -0.1) is 0 Å². The molecule has 0 bridgehead atoms. The molecule has 1 fully saturated rings. The van der Waals surface area contributed by atoms with Crippen LogP contribution in [-0.2, 0) is 6.54 Å². The van der Waals surface area contributed by atoms with E-state index in [2.05, 4.69) is 15.3 Å². The van der Waals surface area contributed by atoms with E-state index in [4.69, 9.17) is 0 Å². The van der Waals surface area contributed by atoms with E-state index >= 15 is 0 Å². The predicted octanol–water partition coefficient (Wildman–Crippen LogP) is 0.367. The zero-order chi connectivity index (χ0) is 9.26. The molecule has 0 radical (unpaired) electrons. The maximum atomic E-state index is 11.2. The largest absolute Gasteiger partial charge is 0.313 e. The van der Waals surface area contributed by atoms with Gasteiger partial charge in [-0.1, -0.05) is 0 Å². The summed E-state index contributed by atoms with van der Waals surface area (Å²) < 4.78 is 0. The van der Waals surface area contributed by atoms with Gasteiger partial charge in [-0.3, -0.25) is 4.79 Å². The van der Waals surface area contributed by atoms with Gasteiger partial charge in [-0.05, 0) is 19.9 Å². The number of hydrogen-bond donors (Lipinski definition) is 2. The van der Waals surface area contributed by atoms with Crippen LogP contribution in [0.3, 0.4) is 0 Å². The molecule has 4 heteroatoms. The Morgan fingerprint density at radius 2 is 2.46 bits per heavy atom. The van der Waals surface area contributed by atoms with Crippen LogP contribution in [0.1, 0.15) is 30.3 Å². The fourth-order valence-electron chi connectivity index (χ4n) is 1.37. The third kappa shape index (κ3) is 1.95. The van der Waals surface area contributed by atoms with Gasteiger partial charge >= 0.3 is 0 Å². The minimum Gasteiger partial charge on any atom is -0.313 e. The quantitative estimate of drug-likeness (QED) is 0.704. The maximum Gasteiger partial charge on any atom is 0.251 e. The molecule has 1 aliphatic rings. The lowest BCUT2D eigenvalue weighted by Crippen LogP contribution is -2.17. The Morgan fingerprint density at radius 1 is 1.69 bits per heavy atom. The number of hydrogen-bond acceptors (Lipinski definition) is 3. The molecule has 0 spiro atoms. The summed E-state index contributed by atoms with van der Waals surface area (Å²) in [6, 6.07) is 1.61. The van der Waals surface area contributed by atoms with Gasteiger partial charge in [-0.25, -0.2) is 4.98 Å². The maximum absolute atomic E-state index is 11.2. The lowest BCUT2D eigenvalue weighted by Gasteiger charge is -2.01. The van der Waals surface area contributed by atoms with E-state index in [9.17, 15) is 4.79 Å². The van der Waals surface area contributed by atoms with Gasteiger partial charge in [0.25, 0.3) is 5.56 Å². The molecule has 4 nitrogen and oxygen atoms in total. The smallest absolute Gasteiger partial charge is 0.251 e. The summed E-state index contributed by atoms with van der Waals surface area (Å²) in [4.78, 5) is 18.3. The molecule has 1 aromatic heterocycles. The molecule has 70 valence electrons. The number of H-pyrrole nitrogens is 1. The molecule has 0 unspecified atom stereocenters. The second-order valence-electron chi connectivity index (χ2n) is 3.42. The first-order chi connectivity index (χ1) is 6.29. The fourth-order valence-corrected chi connectivity index (χ4v) is 1.37. The Morgan fingerprint density at radius 3 is 3.08 bits per heavy atom. The van der Waals surface area contributed by atoms with Crippen LogP contribution in [0.2, 0.25) is 0 Å².